The van der Waals surface area contributed by atoms with Gasteiger partial charge >= 0.3 is 0 Å². The van der Waals surface area contributed by atoms with Gasteiger partial charge in [0, 0.05) is 24.8 Å². The number of fused-ring (bicyclic) bond motifs is 1. The molecular formula is C21H20N4O2S. The van der Waals surface area contributed by atoms with Crippen LogP contribution in [-0.4, -0.2) is 29.5 Å². The summed E-state index contributed by atoms with van der Waals surface area (Å²) in [6, 6.07) is 22.7. The van der Waals surface area contributed by atoms with Gasteiger partial charge in [-0.15, -0.1) is 0 Å². The van der Waals surface area contributed by atoms with Crippen molar-refractivity contribution >= 4 is 21.2 Å². The highest BCUT2D eigenvalue weighted by atomic mass is 32.2. The fraction of sp³-hybridized carbons (Fsp3) is 0.143. The highest BCUT2D eigenvalue weighted by Crippen LogP contribution is 2.23. The van der Waals surface area contributed by atoms with E-state index in [1.165, 1.54) is 0 Å². The van der Waals surface area contributed by atoms with Crippen LogP contribution < -0.4 is 4.72 Å². The Bertz CT molecular complexity index is 1170. The van der Waals surface area contributed by atoms with Crippen molar-refractivity contribution in [3.05, 3.63) is 84.6 Å². The molecule has 2 aromatic heterocycles. The third-order valence-electron chi connectivity index (χ3n) is 4.39. The second-order valence-electron chi connectivity index (χ2n) is 6.44. The van der Waals surface area contributed by atoms with Crippen LogP contribution in [0.5, 0.6) is 0 Å². The van der Waals surface area contributed by atoms with Crippen LogP contribution in [0.25, 0.3) is 22.6 Å². The Hall–Kier alpha value is -3.03. The van der Waals surface area contributed by atoms with Crippen molar-refractivity contribution in [1.29, 1.82) is 0 Å². The molecule has 142 valence electrons. The van der Waals surface area contributed by atoms with Gasteiger partial charge in [0.15, 0.2) is 5.65 Å². The molecule has 2 heterocycles. The molecule has 0 aliphatic heterocycles. The fourth-order valence-electron chi connectivity index (χ4n) is 3.14. The van der Waals surface area contributed by atoms with Gasteiger partial charge < -0.3 is 4.57 Å². The minimum atomic E-state index is -3.42. The summed E-state index contributed by atoms with van der Waals surface area (Å²) < 4.78 is 29.4. The van der Waals surface area contributed by atoms with E-state index in [9.17, 15) is 8.42 Å². The molecule has 0 radical (unpaired) electrons. The van der Waals surface area contributed by atoms with E-state index in [1.54, 1.807) is 18.3 Å². The molecule has 0 unspecified atom stereocenters. The van der Waals surface area contributed by atoms with Crippen molar-refractivity contribution in [1.82, 2.24) is 19.3 Å². The number of imidazole rings is 1. The van der Waals surface area contributed by atoms with E-state index in [2.05, 4.69) is 14.7 Å². The Morgan fingerprint density at radius 2 is 1.61 bits per heavy atom. The van der Waals surface area contributed by atoms with E-state index in [-0.39, 0.29) is 12.3 Å². The van der Waals surface area contributed by atoms with E-state index in [1.807, 2.05) is 65.2 Å². The molecule has 0 aliphatic rings. The molecule has 0 amide bonds. The number of pyridine rings is 1. The van der Waals surface area contributed by atoms with Crippen LogP contribution in [0.4, 0.5) is 0 Å². The number of sulfonamides is 1. The molecule has 2 aromatic carbocycles. The predicted molar refractivity (Wildman–Crippen MR) is 110 cm³/mol. The first kappa shape index (κ1) is 18.3. The molecule has 6 nitrogen and oxygen atoms in total. The van der Waals surface area contributed by atoms with Crippen molar-refractivity contribution in [2.45, 2.75) is 12.3 Å². The zero-order valence-electron chi connectivity index (χ0n) is 15.2. The van der Waals surface area contributed by atoms with Crippen molar-refractivity contribution in [2.75, 3.05) is 6.54 Å². The van der Waals surface area contributed by atoms with Crippen LogP contribution in [0.3, 0.4) is 0 Å². The van der Waals surface area contributed by atoms with Gasteiger partial charge in [-0.05, 0) is 17.7 Å². The molecule has 0 bridgehead atoms. The first-order chi connectivity index (χ1) is 13.6. The van der Waals surface area contributed by atoms with Gasteiger partial charge in [0.25, 0.3) is 0 Å². The van der Waals surface area contributed by atoms with Crippen LogP contribution in [0.2, 0.25) is 0 Å². The van der Waals surface area contributed by atoms with Crippen LogP contribution in [0.15, 0.2) is 79.0 Å². The topological polar surface area (TPSA) is 76.9 Å². The summed E-state index contributed by atoms with van der Waals surface area (Å²) in [6.07, 6.45) is 1.72. The summed E-state index contributed by atoms with van der Waals surface area (Å²) in [5.74, 6) is 0.735. The molecule has 1 N–H and O–H groups in total. The number of hydrogen-bond acceptors (Lipinski definition) is 4. The van der Waals surface area contributed by atoms with E-state index < -0.39 is 10.0 Å². The van der Waals surface area contributed by atoms with Gasteiger partial charge in [-0.2, -0.15) is 0 Å². The quantitative estimate of drug-likeness (QED) is 0.524. The molecular weight excluding hydrogens is 372 g/mol. The Labute approximate surface area is 163 Å². The molecule has 0 saturated carbocycles. The van der Waals surface area contributed by atoms with Gasteiger partial charge in [-0.1, -0.05) is 60.7 Å². The molecule has 0 atom stereocenters. The SMILES string of the molecule is O=S(=O)(Cc1ccccc1)NCCn1c(-c2ccccc2)nc2cccnc21. The lowest BCUT2D eigenvalue weighted by molar-refractivity contribution is 0.573. The maximum atomic E-state index is 12.4. The van der Waals surface area contributed by atoms with E-state index in [4.69, 9.17) is 0 Å². The molecule has 0 aliphatic carbocycles. The van der Waals surface area contributed by atoms with E-state index in [0.717, 1.165) is 28.1 Å². The summed E-state index contributed by atoms with van der Waals surface area (Å²) in [6.45, 7) is 0.697. The van der Waals surface area contributed by atoms with Gasteiger partial charge in [0.05, 0.1) is 5.75 Å². The number of rotatable bonds is 7. The Kier molecular flexibility index (Phi) is 5.18. The van der Waals surface area contributed by atoms with Crippen LogP contribution in [0, 0.1) is 0 Å². The number of aromatic nitrogens is 3. The van der Waals surface area contributed by atoms with Crippen LogP contribution in [0.1, 0.15) is 5.56 Å². The van der Waals surface area contributed by atoms with Crippen molar-refractivity contribution < 1.29 is 8.42 Å². The first-order valence-electron chi connectivity index (χ1n) is 9.00. The highest BCUT2D eigenvalue weighted by molar-refractivity contribution is 7.88. The maximum Gasteiger partial charge on any atom is 0.215 e. The minimum absolute atomic E-state index is 0.0394. The smallest absolute Gasteiger partial charge is 0.215 e. The molecule has 28 heavy (non-hydrogen) atoms. The summed E-state index contributed by atoms with van der Waals surface area (Å²) >= 11 is 0. The first-order valence-corrected chi connectivity index (χ1v) is 10.7. The summed E-state index contributed by atoms with van der Waals surface area (Å²) in [7, 11) is -3.42. The molecule has 4 rings (SSSR count). The minimum Gasteiger partial charge on any atom is -0.307 e. The summed E-state index contributed by atoms with van der Waals surface area (Å²) in [5, 5.41) is 0. The van der Waals surface area contributed by atoms with Crippen molar-refractivity contribution in [2.24, 2.45) is 0 Å². The lowest BCUT2D eigenvalue weighted by Gasteiger charge is -2.10. The molecule has 4 aromatic rings. The average molecular weight is 392 g/mol. The second kappa shape index (κ2) is 7.92. The number of benzene rings is 2. The third kappa shape index (κ3) is 4.11. The third-order valence-corrected chi connectivity index (χ3v) is 5.75. The standard InChI is InChI=1S/C21H20N4O2S/c26-28(27,16-17-8-3-1-4-9-17)23-14-15-25-20(18-10-5-2-6-11-18)24-19-12-7-13-22-21(19)25/h1-13,23H,14-16H2. The van der Waals surface area contributed by atoms with Gasteiger partial charge in [-0.25, -0.2) is 23.1 Å². The number of nitrogens with zero attached hydrogens (tertiary/aromatic N) is 3. The summed E-state index contributed by atoms with van der Waals surface area (Å²) in [5.41, 5.74) is 3.25. The Balaban J connectivity index is 1.55. The molecule has 0 saturated heterocycles. The predicted octanol–water partition coefficient (Wildman–Crippen LogP) is 3.22. The molecule has 7 heteroatoms. The second-order valence-corrected chi connectivity index (χ2v) is 8.25. The zero-order valence-corrected chi connectivity index (χ0v) is 16.0. The van der Waals surface area contributed by atoms with Crippen LogP contribution in [-0.2, 0) is 22.3 Å². The van der Waals surface area contributed by atoms with E-state index >= 15 is 0 Å². The van der Waals surface area contributed by atoms with Crippen LogP contribution >= 0.6 is 0 Å². The Morgan fingerprint density at radius 3 is 2.36 bits per heavy atom. The lowest BCUT2D eigenvalue weighted by atomic mass is 10.2. The highest BCUT2D eigenvalue weighted by Gasteiger charge is 2.15. The van der Waals surface area contributed by atoms with Gasteiger partial charge in [0.1, 0.15) is 11.3 Å². The monoisotopic (exact) mass is 392 g/mol. The summed E-state index contributed by atoms with van der Waals surface area (Å²) in [4.78, 5) is 9.12. The number of nitrogens with one attached hydrogen (secondary N) is 1. The molecule has 0 spiro atoms. The zero-order chi connectivity index (χ0) is 19.4. The van der Waals surface area contributed by atoms with Gasteiger partial charge in [0.2, 0.25) is 10.0 Å². The van der Waals surface area contributed by atoms with Crippen molar-refractivity contribution in [3.8, 4) is 11.4 Å². The molecule has 0 fully saturated rings. The normalized spacial score (nSPS) is 11.7. The Morgan fingerprint density at radius 1 is 0.893 bits per heavy atom. The largest absolute Gasteiger partial charge is 0.307 e. The maximum absolute atomic E-state index is 12.4. The lowest BCUT2D eigenvalue weighted by Crippen LogP contribution is -2.28. The van der Waals surface area contributed by atoms with Gasteiger partial charge in [-0.3, -0.25) is 0 Å². The van der Waals surface area contributed by atoms with E-state index in [0.29, 0.717) is 6.54 Å². The average Bonchev–Trinajstić information content (AvgIpc) is 3.08. The fourth-order valence-corrected chi connectivity index (χ4v) is 4.27. The van der Waals surface area contributed by atoms with Crippen molar-refractivity contribution in [3.63, 3.8) is 0 Å². The number of hydrogen-bond donors (Lipinski definition) is 1.